The number of aromatic amines is 1. The van der Waals surface area contributed by atoms with Gasteiger partial charge in [-0.3, -0.25) is 4.90 Å². The molecular weight excluding hydrogens is 446 g/mol. The average molecular weight is 478 g/mol. The number of pyridine rings is 1. The number of sulfonamides is 1. The number of amides is 1. The molecule has 3 saturated heterocycles. The van der Waals surface area contributed by atoms with E-state index >= 15 is 0 Å². The number of hydrogen-bond acceptors (Lipinski definition) is 6. The number of morpholine rings is 1. The topological polar surface area (TPSA) is 119 Å². The van der Waals surface area contributed by atoms with Gasteiger partial charge in [-0.1, -0.05) is 0 Å². The molecule has 0 aromatic carbocycles. The summed E-state index contributed by atoms with van der Waals surface area (Å²) in [4.78, 5) is 22.8. The van der Waals surface area contributed by atoms with Gasteiger partial charge in [0.05, 0.1) is 19.3 Å². The molecule has 2 aromatic heterocycles. The Balaban J connectivity index is 1.29. The summed E-state index contributed by atoms with van der Waals surface area (Å²) in [6.45, 7) is 5.39. The van der Waals surface area contributed by atoms with E-state index in [1.165, 1.54) is 10.5 Å². The molecule has 2 N–H and O–H groups in total. The van der Waals surface area contributed by atoms with Gasteiger partial charge in [-0.05, 0) is 43.4 Å². The highest BCUT2D eigenvalue weighted by Gasteiger charge is 2.54. The Bertz CT molecular complexity index is 1110. The Labute approximate surface area is 193 Å². The molecule has 5 rings (SSSR count). The number of aromatic nitrogens is 2. The van der Waals surface area contributed by atoms with Crippen LogP contribution < -0.4 is 0 Å². The van der Waals surface area contributed by atoms with E-state index in [2.05, 4.69) is 14.9 Å². The van der Waals surface area contributed by atoms with Gasteiger partial charge in [0, 0.05) is 56.5 Å². The Morgan fingerprint density at radius 2 is 1.97 bits per heavy atom. The van der Waals surface area contributed by atoms with E-state index in [1.807, 2.05) is 25.3 Å². The second kappa shape index (κ2) is 8.86. The molecule has 33 heavy (non-hydrogen) atoms. The second-order valence-corrected chi connectivity index (χ2v) is 11.4. The molecule has 3 aliphatic rings. The standard InChI is InChI=1S/C22H31N5O5S/c1-15(25-9-11-32-12-10-25)20-19(14-27(20)22(28)29)33(30,31)26-7-4-16(5-8-26)18-13-24-21-17(18)3-2-6-23-21/h2-3,6,13,15-16,19-20H,4-5,7-12,14H2,1H3,(H,23,24)(H,28,29). The van der Waals surface area contributed by atoms with Crippen LogP contribution in [-0.2, 0) is 14.8 Å². The predicted molar refractivity (Wildman–Crippen MR) is 123 cm³/mol. The van der Waals surface area contributed by atoms with Crippen molar-refractivity contribution >= 4 is 27.1 Å². The Kier molecular flexibility index (Phi) is 6.06. The number of fused-ring (bicyclic) bond motifs is 1. The van der Waals surface area contributed by atoms with Gasteiger partial charge in [0.25, 0.3) is 0 Å². The van der Waals surface area contributed by atoms with Crippen molar-refractivity contribution in [2.24, 2.45) is 0 Å². The van der Waals surface area contributed by atoms with Crippen molar-refractivity contribution < 1.29 is 23.1 Å². The zero-order chi connectivity index (χ0) is 23.2. The largest absolute Gasteiger partial charge is 0.465 e. The van der Waals surface area contributed by atoms with Crippen LogP contribution in [0.25, 0.3) is 11.0 Å². The fourth-order valence-corrected chi connectivity index (χ4v) is 7.84. The molecule has 3 aliphatic heterocycles. The minimum absolute atomic E-state index is 0.0328. The molecule has 3 fully saturated rings. The summed E-state index contributed by atoms with van der Waals surface area (Å²) in [5.74, 6) is 0.273. The number of H-pyrrole nitrogens is 1. The average Bonchev–Trinajstić information content (AvgIpc) is 3.23. The van der Waals surface area contributed by atoms with Crippen LogP contribution in [-0.4, -0.2) is 107 Å². The first-order chi connectivity index (χ1) is 15.9. The van der Waals surface area contributed by atoms with Crippen molar-refractivity contribution in [2.45, 2.75) is 43.0 Å². The summed E-state index contributed by atoms with van der Waals surface area (Å²) in [6, 6.07) is 3.21. The molecule has 11 heteroatoms. The molecule has 0 bridgehead atoms. The highest BCUT2D eigenvalue weighted by molar-refractivity contribution is 7.89. The van der Waals surface area contributed by atoms with Crippen molar-refractivity contribution in [2.75, 3.05) is 45.9 Å². The maximum Gasteiger partial charge on any atom is 0.407 e. The summed E-state index contributed by atoms with van der Waals surface area (Å²) < 4.78 is 34.2. The molecule has 1 amide bonds. The van der Waals surface area contributed by atoms with Crippen LogP contribution >= 0.6 is 0 Å². The van der Waals surface area contributed by atoms with Crippen molar-refractivity contribution in [1.82, 2.24) is 24.1 Å². The third-order valence-corrected chi connectivity index (χ3v) is 9.88. The number of nitrogens with zero attached hydrogens (tertiary/aromatic N) is 4. The monoisotopic (exact) mass is 477 g/mol. The number of rotatable bonds is 5. The quantitative estimate of drug-likeness (QED) is 0.670. The van der Waals surface area contributed by atoms with Gasteiger partial charge >= 0.3 is 6.09 Å². The van der Waals surface area contributed by atoms with Gasteiger partial charge in [0.2, 0.25) is 10.0 Å². The van der Waals surface area contributed by atoms with E-state index in [0.717, 1.165) is 23.9 Å². The summed E-state index contributed by atoms with van der Waals surface area (Å²) in [6.07, 6.45) is 4.16. The second-order valence-electron chi connectivity index (χ2n) is 9.21. The Morgan fingerprint density at radius 1 is 1.24 bits per heavy atom. The Hall–Kier alpha value is -2.21. The summed E-state index contributed by atoms with van der Waals surface area (Å²) in [5, 5.41) is 10.0. The van der Waals surface area contributed by atoms with Crippen molar-refractivity contribution in [1.29, 1.82) is 0 Å². The molecule has 3 atom stereocenters. The molecule has 0 aliphatic carbocycles. The maximum atomic E-state index is 13.6. The third-order valence-electron chi connectivity index (χ3n) is 7.60. The highest BCUT2D eigenvalue weighted by atomic mass is 32.2. The summed E-state index contributed by atoms with van der Waals surface area (Å²) in [5.41, 5.74) is 2.04. The first-order valence-corrected chi connectivity index (χ1v) is 13.1. The van der Waals surface area contributed by atoms with Gasteiger partial charge in [0.1, 0.15) is 10.9 Å². The number of ether oxygens (including phenoxy) is 1. The van der Waals surface area contributed by atoms with E-state index in [4.69, 9.17) is 4.74 Å². The van der Waals surface area contributed by atoms with Crippen LogP contribution in [0.5, 0.6) is 0 Å². The number of hydrogen-bond donors (Lipinski definition) is 2. The molecule has 0 radical (unpaired) electrons. The third kappa shape index (κ3) is 4.01. The molecule has 10 nitrogen and oxygen atoms in total. The lowest BCUT2D eigenvalue weighted by Gasteiger charge is -2.52. The van der Waals surface area contributed by atoms with Gasteiger partial charge in [-0.2, -0.15) is 0 Å². The number of piperidine rings is 1. The number of carboxylic acid groups (broad SMARTS) is 1. The molecule has 3 unspecified atom stereocenters. The van der Waals surface area contributed by atoms with E-state index in [9.17, 15) is 18.3 Å². The minimum Gasteiger partial charge on any atom is -0.465 e. The minimum atomic E-state index is -3.61. The highest BCUT2D eigenvalue weighted by Crippen LogP contribution is 2.37. The maximum absolute atomic E-state index is 13.6. The first kappa shape index (κ1) is 22.6. The molecule has 5 heterocycles. The fourth-order valence-electron chi connectivity index (χ4n) is 5.66. The Morgan fingerprint density at radius 3 is 2.67 bits per heavy atom. The fraction of sp³-hybridized carbons (Fsp3) is 0.636. The molecule has 180 valence electrons. The predicted octanol–water partition coefficient (Wildman–Crippen LogP) is 1.52. The van der Waals surface area contributed by atoms with Crippen LogP contribution in [0.1, 0.15) is 31.2 Å². The van der Waals surface area contributed by atoms with Gasteiger partial charge < -0.3 is 19.7 Å². The van der Waals surface area contributed by atoms with E-state index < -0.39 is 27.4 Å². The van der Waals surface area contributed by atoms with Gasteiger partial charge in [-0.15, -0.1) is 0 Å². The number of likely N-dealkylation sites (tertiary alicyclic amines) is 1. The lowest BCUT2D eigenvalue weighted by molar-refractivity contribution is -0.0228. The van der Waals surface area contributed by atoms with E-state index in [-0.39, 0.29) is 18.5 Å². The molecule has 0 saturated carbocycles. The smallest absolute Gasteiger partial charge is 0.407 e. The van der Waals surface area contributed by atoms with Crippen molar-refractivity contribution in [3.8, 4) is 0 Å². The zero-order valence-electron chi connectivity index (χ0n) is 18.8. The number of nitrogens with one attached hydrogen (secondary N) is 1. The molecule has 2 aromatic rings. The van der Waals surface area contributed by atoms with Crippen LogP contribution in [0.2, 0.25) is 0 Å². The lowest BCUT2D eigenvalue weighted by atomic mass is 9.90. The SMILES string of the molecule is CC(C1C(S(=O)(=O)N2CCC(c3c[nH]c4ncccc34)CC2)CN1C(=O)O)N1CCOCC1. The van der Waals surface area contributed by atoms with Crippen LogP contribution in [0.3, 0.4) is 0 Å². The zero-order valence-corrected chi connectivity index (χ0v) is 19.6. The van der Waals surface area contributed by atoms with Gasteiger partial charge in [-0.25, -0.2) is 22.5 Å². The summed E-state index contributed by atoms with van der Waals surface area (Å²) in [7, 11) is -3.61. The van der Waals surface area contributed by atoms with E-state index in [1.54, 1.807) is 10.5 Å². The lowest BCUT2D eigenvalue weighted by Crippen LogP contribution is -2.72. The van der Waals surface area contributed by atoms with Crippen LogP contribution in [0.15, 0.2) is 24.5 Å². The molecular formula is C22H31N5O5S. The van der Waals surface area contributed by atoms with E-state index in [0.29, 0.717) is 39.4 Å². The van der Waals surface area contributed by atoms with Crippen LogP contribution in [0, 0.1) is 0 Å². The van der Waals surface area contributed by atoms with Gasteiger partial charge in [0.15, 0.2) is 0 Å². The summed E-state index contributed by atoms with van der Waals surface area (Å²) >= 11 is 0. The first-order valence-electron chi connectivity index (χ1n) is 11.6. The molecule has 0 spiro atoms. The van der Waals surface area contributed by atoms with Crippen LogP contribution in [0.4, 0.5) is 4.79 Å². The van der Waals surface area contributed by atoms with Crippen molar-refractivity contribution in [3.63, 3.8) is 0 Å². The normalized spacial score (nSPS) is 26.9. The number of carbonyl (C=O) groups is 1. The van der Waals surface area contributed by atoms with Crippen molar-refractivity contribution in [3.05, 3.63) is 30.1 Å².